The predicted molar refractivity (Wildman–Crippen MR) is 68.4 cm³/mol. The van der Waals surface area contributed by atoms with Crippen LogP contribution in [0.15, 0.2) is 42.6 Å². The zero-order chi connectivity index (χ0) is 13.0. The van der Waals surface area contributed by atoms with Crippen molar-refractivity contribution in [2.75, 3.05) is 5.32 Å². The fourth-order valence-electron chi connectivity index (χ4n) is 1.38. The summed E-state index contributed by atoms with van der Waals surface area (Å²) in [7, 11) is 0. The van der Waals surface area contributed by atoms with Gasteiger partial charge >= 0.3 is 0 Å². The van der Waals surface area contributed by atoms with E-state index in [1.54, 1.807) is 30.3 Å². The largest absolute Gasteiger partial charge is 0.321 e. The minimum Gasteiger partial charge on any atom is -0.321 e. The lowest BCUT2D eigenvalue weighted by Crippen LogP contribution is -2.13. The second-order valence-corrected chi connectivity index (χ2v) is 3.88. The maximum atomic E-state index is 11.8. The topological polar surface area (TPSA) is 65.8 Å². The summed E-state index contributed by atoms with van der Waals surface area (Å²) < 4.78 is 0. The van der Waals surface area contributed by atoms with Crippen LogP contribution in [0.1, 0.15) is 16.1 Å². The maximum Gasteiger partial charge on any atom is 0.274 e. The van der Waals surface area contributed by atoms with Crippen LogP contribution in [0.25, 0.3) is 0 Å². The van der Waals surface area contributed by atoms with Crippen molar-refractivity contribution in [2.24, 2.45) is 0 Å². The molecule has 0 atom stereocenters. The lowest BCUT2D eigenvalue weighted by atomic mass is 10.2. The second kappa shape index (κ2) is 5.30. The average Bonchev–Trinajstić information content (AvgIpc) is 2.42. The molecule has 2 aromatic rings. The molecule has 1 aromatic carbocycles. The van der Waals surface area contributed by atoms with Gasteiger partial charge in [-0.2, -0.15) is 5.26 Å². The van der Waals surface area contributed by atoms with E-state index in [0.29, 0.717) is 22.0 Å². The Morgan fingerprint density at radius 1 is 1.33 bits per heavy atom. The number of rotatable bonds is 2. The summed E-state index contributed by atoms with van der Waals surface area (Å²) in [6, 6.07) is 11.7. The molecule has 0 radical (unpaired) electrons. The summed E-state index contributed by atoms with van der Waals surface area (Å²) in [5.41, 5.74) is 1.13. The molecule has 0 aliphatic rings. The summed E-state index contributed by atoms with van der Waals surface area (Å²) in [5, 5.41) is 11.8. The minimum atomic E-state index is -0.332. The van der Waals surface area contributed by atoms with Gasteiger partial charge < -0.3 is 5.32 Å². The molecule has 5 heteroatoms. The Balaban J connectivity index is 2.20. The number of nitrogens with zero attached hydrogens (tertiary/aromatic N) is 2. The van der Waals surface area contributed by atoms with E-state index in [1.807, 2.05) is 6.07 Å². The van der Waals surface area contributed by atoms with E-state index in [4.69, 9.17) is 16.9 Å². The van der Waals surface area contributed by atoms with Gasteiger partial charge in [-0.05, 0) is 30.3 Å². The molecule has 88 valence electrons. The van der Waals surface area contributed by atoms with E-state index < -0.39 is 0 Å². The Morgan fingerprint density at radius 3 is 2.83 bits per heavy atom. The minimum absolute atomic E-state index is 0.311. The fourth-order valence-corrected chi connectivity index (χ4v) is 1.54. The SMILES string of the molecule is N#Cc1cc(NC(=O)c2ccccn2)ccc1Cl. The summed E-state index contributed by atoms with van der Waals surface area (Å²) in [6.07, 6.45) is 1.54. The molecule has 0 bridgehead atoms. The number of hydrogen-bond acceptors (Lipinski definition) is 3. The Kier molecular flexibility index (Phi) is 3.56. The van der Waals surface area contributed by atoms with Crippen LogP contribution in [0, 0.1) is 11.3 Å². The van der Waals surface area contributed by atoms with Gasteiger partial charge in [0.2, 0.25) is 0 Å². The summed E-state index contributed by atoms with van der Waals surface area (Å²) in [6.45, 7) is 0. The fraction of sp³-hybridized carbons (Fsp3) is 0. The number of carbonyl (C=O) groups is 1. The third kappa shape index (κ3) is 2.65. The molecule has 4 nitrogen and oxygen atoms in total. The van der Waals surface area contributed by atoms with Gasteiger partial charge in [-0.1, -0.05) is 17.7 Å². The highest BCUT2D eigenvalue weighted by molar-refractivity contribution is 6.31. The van der Waals surface area contributed by atoms with Gasteiger partial charge in [0.25, 0.3) is 5.91 Å². The first-order valence-corrected chi connectivity index (χ1v) is 5.50. The van der Waals surface area contributed by atoms with Crippen LogP contribution in [0.4, 0.5) is 5.69 Å². The number of amides is 1. The predicted octanol–water partition coefficient (Wildman–Crippen LogP) is 2.86. The van der Waals surface area contributed by atoms with Gasteiger partial charge in [0, 0.05) is 11.9 Å². The van der Waals surface area contributed by atoms with Gasteiger partial charge in [-0.25, -0.2) is 0 Å². The van der Waals surface area contributed by atoms with E-state index in [9.17, 15) is 4.79 Å². The number of nitrogens with one attached hydrogen (secondary N) is 1. The first-order valence-electron chi connectivity index (χ1n) is 5.13. The number of nitriles is 1. The quantitative estimate of drug-likeness (QED) is 0.900. The van der Waals surface area contributed by atoms with E-state index in [0.717, 1.165) is 0 Å². The van der Waals surface area contributed by atoms with Gasteiger partial charge in [-0.15, -0.1) is 0 Å². The lowest BCUT2D eigenvalue weighted by molar-refractivity contribution is 0.102. The van der Waals surface area contributed by atoms with Crippen LogP contribution in [0.5, 0.6) is 0 Å². The number of carbonyl (C=O) groups excluding carboxylic acids is 1. The molecule has 0 aliphatic heterocycles. The smallest absolute Gasteiger partial charge is 0.274 e. The van der Waals surface area contributed by atoms with Crippen molar-refractivity contribution in [3.8, 4) is 6.07 Å². The van der Waals surface area contributed by atoms with Gasteiger partial charge in [0.15, 0.2) is 0 Å². The first-order chi connectivity index (χ1) is 8.70. The van der Waals surface area contributed by atoms with Gasteiger partial charge in [0.1, 0.15) is 11.8 Å². The molecule has 0 saturated heterocycles. The van der Waals surface area contributed by atoms with E-state index >= 15 is 0 Å². The average molecular weight is 258 g/mol. The van der Waals surface area contributed by atoms with Crippen molar-refractivity contribution in [2.45, 2.75) is 0 Å². The molecule has 1 aromatic heterocycles. The van der Waals surface area contributed by atoms with E-state index in [-0.39, 0.29) is 5.91 Å². The molecule has 0 aliphatic carbocycles. The number of anilines is 1. The summed E-state index contributed by atoms with van der Waals surface area (Å²) in [4.78, 5) is 15.7. The van der Waals surface area contributed by atoms with Crippen LogP contribution in [0.3, 0.4) is 0 Å². The Bertz CT molecular complexity index is 620. The van der Waals surface area contributed by atoms with Crippen LogP contribution in [0.2, 0.25) is 5.02 Å². The Labute approximate surface area is 109 Å². The van der Waals surface area contributed by atoms with Crippen molar-refractivity contribution in [3.63, 3.8) is 0 Å². The second-order valence-electron chi connectivity index (χ2n) is 3.48. The van der Waals surface area contributed by atoms with Crippen LogP contribution < -0.4 is 5.32 Å². The molecule has 1 N–H and O–H groups in total. The summed E-state index contributed by atoms with van der Waals surface area (Å²) in [5.74, 6) is -0.332. The molecule has 0 unspecified atom stereocenters. The van der Waals surface area contributed by atoms with Crippen LogP contribution in [-0.2, 0) is 0 Å². The van der Waals surface area contributed by atoms with Crippen molar-refractivity contribution in [3.05, 3.63) is 58.9 Å². The number of aromatic nitrogens is 1. The number of halogens is 1. The zero-order valence-corrected chi connectivity index (χ0v) is 9.98. The van der Waals surface area contributed by atoms with Crippen LogP contribution >= 0.6 is 11.6 Å². The normalized spacial score (nSPS) is 9.56. The van der Waals surface area contributed by atoms with Crippen molar-refractivity contribution in [1.82, 2.24) is 4.98 Å². The van der Waals surface area contributed by atoms with Crippen molar-refractivity contribution < 1.29 is 4.79 Å². The number of benzene rings is 1. The molecular weight excluding hydrogens is 250 g/mol. The standard InChI is InChI=1S/C13H8ClN3O/c14-11-5-4-10(7-9(11)8-15)17-13(18)12-3-1-2-6-16-12/h1-7H,(H,17,18). The highest BCUT2D eigenvalue weighted by Crippen LogP contribution is 2.19. The Morgan fingerprint density at radius 2 is 2.17 bits per heavy atom. The molecule has 2 rings (SSSR count). The maximum absolute atomic E-state index is 11.8. The van der Waals surface area contributed by atoms with Gasteiger partial charge in [0.05, 0.1) is 10.6 Å². The molecule has 0 spiro atoms. The molecule has 0 saturated carbocycles. The third-order valence-corrected chi connectivity index (χ3v) is 2.57. The summed E-state index contributed by atoms with van der Waals surface area (Å²) >= 11 is 5.80. The zero-order valence-electron chi connectivity index (χ0n) is 9.22. The highest BCUT2D eigenvalue weighted by Gasteiger charge is 2.08. The van der Waals surface area contributed by atoms with Crippen molar-refractivity contribution in [1.29, 1.82) is 5.26 Å². The third-order valence-electron chi connectivity index (χ3n) is 2.24. The molecule has 1 amide bonds. The van der Waals surface area contributed by atoms with Gasteiger partial charge in [-0.3, -0.25) is 9.78 Å². The molecule has 18 heavy (non-hydrogen) atoms. The van der Waals surface area contributed by atoms with E-state index in [2.05, 4.69) is 10.3 Å². The molecular formula is C13H8ClN3O. The number of pyridine rings is 1. The number of hydrogen-bond donors (Lipinski definition) is 1. The monoisotopic (exact) mass is 257 g/mol. The highest BCUT2D eigenvalue weighted by atomic mass is 35.5. The Hall–Kier alpha value is -2.38. The molecule has 1 heterocycles. The first kappa shape index (κ1) is 12.1. The molecule has 0 fully saturated rings. The van der Waals surface area contributed by atoms with Crippen molar-refractivity contribution >= 4 is 23.2 Å². The van der Waals surface area contributed by atoms with E-state index in [1.165, 1.54) is 12.3 Å². The van der Waals surface area contributed by atoms with Crippen LogP contribution in [-0.4, -0.2) is 10.9 Å². The lowest BCUT2D eigenvalue weighted by Gasteiger charge is -2.05.